The molecule has 0 aliphatic carbocycles. The molecule has 70 valence electrons. The first-order valence-electron chi connectivity index (χ1n) is 4.52. The molecule has 1 unspecified atom stereocenters. The topological polar surface area (TPSA) is 52.5 Å². The predicted molar refractivity (Wildman–Crippen MR) is 49.7 cm³/mol. The number of benzene rings is 1. The minimum absolute atomic E-state index is 0.128. The van der Waals surface area contributed by atoms with Crippen LogP contribution in [-0.2, 0) is 0 Å². The third-order valence-electron chi connectivity index (χ3n) is 2.39. The van der Waals surface area contributed by atoms with Crippen molar-refractivity contribution in [3.8, 4) is 11.5 Å². The van der Waals surface area contributed by atoms with E-state index in [1.165, 1.54) is 6.07 Å². The average molecular weight is 179 g/mol. The van der Waals surface area contributed by atoms with Crippen molar-refractivity contribution in [2.24, 2.45) is 0 Å². The summed E-state index contributed by atoms with van der Waals surface area (Å²) in [4.78, 5) is 0. The summed E-state index contributed by atoms with van der Waals surface area (Å²) in [7, 11) is 0. The number of hydrogen-bond acceptors (Lipinski definition) is 3. The van der Waals surface area contributed by atoms with E-state index in [-0.39, 0.29) is 17.5 Å². The summed E-state index contributed by atoms with van der Waals surface area (Å²) in [5, 5.41) is 21.8. The fourth-order valence-corrected chi connectivity index (χ4v) is 1.79. The molecule has 0 amide bonds. The van der Waals surface area contributed by atoms with Gasteiger partial charge in [0.05, 0.1) is 0 Å². The predicted octanol–water partition coefficient (Wildman–Crippen LogP) is 1.52. The summed E-state index contributed by atoms with van der Waals surface area (Å²) in [5.41, 5.74) is 0.968. The van der Waals surface area contributed by atoms with E-state index in [4.69, 9.17) is 0 Å². The zero-order chi connectivity index (χ0) is 9.26. The normalized spacial score (nSPS) is 22.0. The molecule has 0 spiro atoms. The molecule has 1 aliphatic rings. The van der Waals surface area contributed by atoms with E-state index >= 15 is 0 Å². The van der Waals surface area contributed by atoms with Crippen LogP contribution in [0, 0.1) is 0 Å². The Morgan fingerprint density at radius 2 is 1.85 bits per heavy atom. The third kappa shape index (κ3) is 1.75. The molecule has 3 N–H and O–H groups in total. The summed E-state index contributed by atoms with van der Waals surface area (Å²) in [6.45, 7) is 1.01. The Balaban J connectivity index is 2.28. The van der Waals surface area contributed by atoms with E-state index in [1.807, 2.05) is 0 Å². The van der Waals surface area contributed by atoms with Gasteiger partial charge in [0.25, 0.3) is 0 Å². The zero-order valence-electron chi connectivity index (χ0n) is 7.33. The molecule has 2 rings (SSSR count). The van der Waals surface area contributed by atoms with E-state index in [0.29, 0.717) is 0 Å². The van der Waals surface area contributed by atoms with Crippen molar-refractivity contribution in [1.82, 2.24) is 5.32 Å². The highest BCUT2D eigenvalue weighted by atomic mass is 16.3. The van der Waals surface area contributed by atoms with Crippen LogP contribution in [0.2, 0.25) is 0 Å². The van der Waals surface area contributed by atoms with Gasteiger partial charge in [-0.05, 0) is 37.1 Å². The van der Waals surface area contributed by atoms with Crippen LogP contribution in [0.25, 0.3) is 0 Å². The second-order valence-electron chi connectivity index (χ2n) is 3.43. The molecule has 1 aliphatic heterocycles. The van der Waals surface area contributed by atoms with Crippen LogP contribution in [-0.4, -0.2) is 16.8 Å². The van der Waals surface area contributed by atoms with Crippen molar-refractivity contribution < 1.29 is 10.2 Å². The fourth-order valence-electron chi connectivity index (χ4n) is 1.79. The monoisotopic (exact) mass is 179 g/mol. The highest BCUT2D eigenvalue weighted by Crippen LogP contribution is 2.29. The second-order valence-corrected chi connectivity index (χ2v) is 3.43. The van der Waals surface area contributed by atoms with Gasteiger partial charge in [0.1, 0.15) is 11.5 Å². The molecule has 0 saturated carbocycles. The molecule has 13 heavy (non-hydrogen) atoms. The van der Waals surface area contributed by atoms with Gasteiger partial charge in [0.15, 0.2) is 0 Å². The molecule has 1 aromatic rings. The lowest BCUT2D eigenvalue weighted by molar-refractivity contribution is 0.447. The molecule has 1 atom stereocenters. The maximum absolute atomic E-state index is 9.27. The van der Waals surface area contributed by atoms with Crippen LogP contribution in [0.15, 0.2) is 18.2 Å². The van der Waals surface area contributed by atoms with Crippen molar-refractivity contribution in [2.75, 3.05) is 6.54 Å². The first-order valence-corrected chi connectivity index (χ1v) is 4.52. The molecule has 3 nitrogen and oxygen atoms in total. The Bertz CT molecular complexity index is 286. The molecule has 3 heteroatoms. The average Bonchev–Trinajstić information content (AvgIpc) is 2.53. The molecule has 1 fully saturated rings. The minimum Gasteiger partial charge on any atom is -0.508 e. The van der Waals surface area contributed by atoms with Crippen molar-refractivity contribution in [3.63, 3.8) is 0 Å². The zero-order valence-corrected chi connectivity index (χ0v) is 7.33. The second kappa shape index (κ2) is 3.26. The van der Waals surface area contributed by atoms with Gasteiger partial charge in [0, 0.05) is 12.1 Å². The lowest BCUT2D eigenvalue weighted by atomic mass is 10.0. The quantitative estimate of drug-likeness (QED) is 0.612. The summed E-state index contributed by atoms with van der Waals surface area (Å²) in [6.07, 6.45) is 2.23. The van der Waals surface area contributed by atoms with Gasteiger partial charge in [-0.3, -0.25) is 0 Å². The van der Waals surface area contributed by atoms with E-state index < -0.39 is 0 Å². The molecular weight excluding hydrogens is 166 g/mol. The van der Waals surface area contributed by atoms with E-state index in [1.54, 1.807) is 12.1 Å². The lowest BCUT2D eigenvalue weighted by Crippen LogP contribution is -2.12. The van der Waals surface area contributed by atoms with E-state index in [2.05, 4.69) is 5.32 Å². The highest BCUT2D eigenvalue weighted by molar-refractivity contribution is 5.38. The van der Waals surface area contributed by atoms with E-state index in [9.17, 15) is 10.2 Å². The van der Waals surface area contributed by atoms with Crippen LogP contribution >= 0.6 is 0 Å². The molecule has 1 saturated heterocycles. The first-order chi connectivity index (χ1) is 6.25. The summed E-state index contributed by atoms with van der Waals surface area (Å²) in [6, 6.07) is 5.03. The van der Waals surface area contributed by atoms with Crippen LogP contribution < -0.4 is 5.32 Å². The van der Waals surface area contributed by atoms with Gasteiger partial charge in [-0.15, -0.1) is 0 Å². The molecule has 0 radical (unpaired) electrons. The molecule has 0 bridgehead atoms. The number of nitrogens with one attached hydrogen (secondary N) is 1. The number of aromatic hydroxyl groups is 2. The van der Waals surface area contributed by atoms with Crippen LogP contribution in [0.1, 0.15) is 24.4 Å². The number of phenolic OH excluding ortho intramolecular Hbond substituents is 2. The van der Waals surface area contributed by atoms with Crippen LogP contribution in [0.3, 0.4) is 0 Å². The first kappa shape index (κ1) is 8.38. The van der Waals surface area contributed by atoms with Crippen LogP contribution in [0.5, 0.6) is 11.5 Å². The standard InChI is InChI=1S/C10H13NO2/c12-8-4-7(5-9(13)6-8)10-2-1-3-11-10/h4-6,10-13H,1-3H2. The summed E-state index contributed by atoms with van der Waals surface area (Å²) < 4.78 is 0. The van der Waals surface area contributed by atoms with E-state index in [0.717, 1.165) is 24.9 Å². The maximum atomic E-state index is 9.27. The Morgan fingerprint density at radius 3 is 2.38 bits per heavy atom. The number of hydrogen-bond donors (Lipinski definition) is 3. The van der Waals surface area contributed by atoms with Gasteiger partial charge in [0.2, 0.25) is 0 Å². The smallest absolute Gasteiger partial charge is 0.119 e. The van der Waals surface area contributed by atoms with Crippen molar-refractivity contribution in [2.45, 2.75) is 18.9 Å². The number of phenols is 2. The lowest BCUT2D eigenvalue weighted by Gasteiger charge is -2.10. The van der Waals surface area contributed by atoms with Gasteiger partial charge in [-0.1, -0.05) is 0 Å². The Labute approximate surface area is 77.0 Å². The molecule has 1 aromatic carbocycles. The van der Waals surface area contributed by atoms with Crippen molar-refractivity contribution in [3.05, 3.63) is 23.8 Å². The number of rotatable bonds is 1. The summed E-state index contributed by atoms with van der Waals surface area (Å²) in [5.74, 6) is 0.257. The van der Waals surface area contributed by atoms with Gasteiger partial charge < -0.3 is 15.5 Å². The van der Waals surface area contributed by atoms with Gasteiger partial charge >= 0.3 is 0 Å². The molecule has 0 aromatic heterocycles. The summed E-state index contributed by atoms with van der Waals surface area (Å²) >= 11 is 0. The van der Waals surface area contributed by atoms with Gasteiger partial charge in [-0.25, -0.2) is 0 Å². The minimum atomic E-state index is 0.128. The molecular formula is C10H13NO2. The fraction of sp³-hybridized carbons (Fsp3) is 0.400. The SMILES string of the molecule is Oc1cc(O)cc(C2CCCN2)c1. The van der Waals surface area contributed by atoms with Crippen LogP contribution in [0.4, 0.5) is 0 Å². The largest absolute Gasteiger partial charge is 0.508 e. The highest BCUT2D eigenvalue weighted by Gasteiger charge is 2.16. The van der Waals surface area contributed by atoms with Gasteiger partial charge in [-0.2, -0.15) is 0 Å². The Hall–Kier alpha value is -1.22. The third-order valence-corrected chi connectivity index (χ3v) is 2.39. The molecule has 1 heterocycles. The Kier molecular flexibility index (Phi) is 2.10. The maximum Gasteiger partial charge on any atom is 0.119 e. The van der Waals surface area contributed by atoms with Crippen molar-refractivity contribution in [1.29, 1.82) is 0 Å². The van der Waals surface area contributed by atoms with Crippen molar-refractivity contribution >= 4 is 0 Å². The Morgan fingerprint density at radius 1 is 1.15 bits per heavy atom.